The largest absolute Gasteiger partial charge is 0.284 e. The molecule has 0 spiro atoms. The molecule has 1 aliphatic rings. The summed E-state index contributed by atoms with van der Waals surface area (Å²) in [5.74, 6) is 0. The van der Waals surface area contributed by atoms with Crippen LogP contribution in [0.3, 0.4) is 0 Å². The van der Waals surface area contributed by atoms with Crippen molar-refractivity contribution in [2.24, 2.45) is 0 Å². The lowest BCUT2D eigenvalue weighted by molar-refractivity contribution is 0.0177. The van der Waals surface area contributed by atoms with Gasteiger partial charge < -0.3 is 0 Å². The van der Waals surface area contributed by atoms with Gasteiger partial charge in [-0.3, -0.25) is 9.80 Å². The number of hydrogen-bond donors (Lipinski definition) is 0. The minimum absolute atomic E-state index is 0.419. The average molecular weight is 401 g/mol. The van der Waals surface area contributed by atoms with E-state index in [9.17, 15) is 0 Å². The van der Waals surface area contributed by atoms with Crippen LogP contribution in [0, 0.1) is 13.8 Å². The summed E-state index contributed by atoms with van der Waals surface area (Å²) in [5.41, 5.74) is 7.37. The van der Waals surface area contributed by atoms with Crippen LogP contribution in [0.5, 0.6) is 0 Å². The van der Waals surface area contributed by atoms with Crippen LogP contribution in [0.4, 0.5) is 0 Å². The molecular formula is C28H36N2. The average Bonchev–Trinajstić information content (AvgIpc) is 2.76. The van der Waals surface area contributed by atoms with Crippen LogP contribution < -0.4 is 0 Å². The molecule has 1 aliphatic heterocycles. The zero-order valence-electron chi connectivity index (χ0n) is 19.3. The molecule has 0 aliphatic carbocycles. The summed E-state index contributed by atoms with van der Waals surface area (Å²) in [6.07, 6.45) is 3.86. The lowest BCUT2D eigenvalue weighted by Crippen LogP contribution is -2.49. The fourth-order valence-corrected chi connectivity index (χ4v) is 5.41. The van der Waals surface area contributed by atoms with Crippen LogP contribution in [0.1, 0.15) is 60.5 Å². The molecule has 0 saturated carbocycles. The Morgan fingerprint density at radius 3 is 2.33 bits per heavy atom. The van der Waals surface area contributed by atoms with E-state index in [2.05, 4.69) is 99.1 Å². The molecule has 0 N–H and O–H groups in total. The van der Waals surface area contributed by atoms with E-state index in [4.69, 9.17) is 0 Å². The second kappa shape index (κ2) is 8.91. The highest BCUT2D eigenvalue weighted by Gasteiger charge is 2.30. The Bertz CT molecular complexity index is 1020. The zero-order valence-corrected chi connectivity index (χ0v) is 19.3. The van der Waals surface area contributed by atoms with Crippen LogP contribution in [-0.2, 0) is 13.0 Å². The highest BCUT2D eigenvalue weighted by molar-refractivity contribution is 5.86. The number of rotatable bonds is 6. The second-order valence-electron chi connectivity index (χ2n) is 8.97. The summed E-state index contributed by atoms with van der Waals surface area (Å²) >= 11 is 0. The molecule has 0 aromatic heterocycles. The third-order valence-corrected chi connectivity index (χ3v) is 7.18. The molecule has 1 heterocycles. The smallest absolute Gasteiger partial charge is 0.0625 e. The molecule has 0 bridgehead atoms. The molecule has 4 rings (SSSR count). The van der Waals surface area contributed by atoms with Gasteiger partial charge in [0, 0.05) is 19.1 Å². The Balaban J connectivity index is 1.62. The molecule has 30 heavy (non-hydrogen) atoms. The predicted octanol–water partition coefficient (Wildman–Crippen LogP) is 6.63. The van der Waals surface area contributed by atoms with Crippen molar-refractivity contribution in [1.82, 2.24) is 9.80 Å². The van der Waals surface area contributed by atoms with Gasteiger partial charge in [0.25, 0.3) is 0 Å². The molecule has 0 amide bonds. The SMILES string of the molecule is CCC(c1cccc2ccccc12)N(C)C(CC)N1CCc2cc(C)c(C)cc2C1. The van der Waals surface area contributed by atoms with Crippen LogP contribution in [0.25, 0.3) is 10.8 Å². The summed E-state index contributed by atoms with van der Waals surface area (Å²) in [6.45, 7) is 11.3. The summed E-state index contributed by atoms with van der Waals surface area (Å²) in [6, 6.07) is 20.9. The van der Waals surface area contributed by atoms with Crippen molar-refractivity contribution in [3.8, 4) is 0 Å². The molecule has 0 fully saturated rings. The molecule has 2 unspecified atom stereocenters. The first kappa shape index (κ1) is 21.1. The minimum atomic E-state index is 0.419. The fourth-order valence-electron chi connectivity index (χ4n) is 5.41. The highest BCUT2D eigenvalue weighted by atomic mass is 15.4. The van der Waals surface area contributed by atoms with Crippen molar-refractivity contribution in [3.05, 3.63) is 82.4 Å². The topological polar surface area (TPSA) is 6.48 Å². The number of aryl methyl sites for hydroxylation is 2. The predicted molar refractivity (Wildman–Crippen MR) is 129 cm³/mol. The van der Waals surface area contributed by atoms with E-state index in [0.717, 1.165) is 32.4 Å². The Morgan fingerprint density at radius 2 is 1.60 bits per heavy atom. The van der Waals surface area contributed by atoms with Gasteiger partial charge in [-0.15, -0.1) is 0 Å². The Labute approximate surface area is 182 Å². The second-order valence-corrected chi connectivity index (χ2v) is 8.97. The maximum absolute atomic E-state index is 2.70. The maximum atomic E-state index is 2.70. The molecular weight excluding hydrogens is 364 g/mol. The van der Waals surface area contributed by atoms with Gasteiger partial charge in [0.05, 0.1) is 6.17 Å². The van der Waals surface area contributed by atoms with Crippen LogP contribution >= 0.6 is 0 Å². The lowest BCUT2D eigenvalue weighted by Gasteiger charge is -2.43. The summed E-state index contributed by atoms with van der Waals surface area (Å²) in [7, 11) is 2.33. The van der Waals surface area contributed by atoms with Crippen molar-refractivity contribution in [2.45, 2.75) is 65.7 Å². The number of nitrogens with zero attached hydrogens (tertiary/aromatic N) is 2. The molecule has 2 heteroatoms. The lowest BCUT2D eigenvalue weighted by atomic mass is 9.93. The van der Waals surface area contributed by atoms with Crippen molar-refractivity contribution in [3.63, 3.8) is 0 Å². The van der Waals surface area contributed by atoms with Crippen LogP contribution in [0.15, 0.2) is 54.6 Å². The number of benzene rings is 3. The number of fused-ring (bicyclic) bond motifs is 2. The van der Waals surface area contributed by atoms with Gasteiger partial charge in [0.2, 0.25) is 0 Å². The third kappa shape index (κ3) is 3.91. The van der Waals surface area contributed by atoms with E-state index < -0.39 is 0 Å². The van der Waals surface area contributed by atoms with Gasteiger partial charge >= 0.3 is 0 Å². The number of hydrogen-bond acceptors (Lipinski definition) is 2. The molecule has 3 aromatic carbocycles. The van der Waals surface area contributed by atoms with Crippen LogP contribution in [-0.4, -0.2) is 29.6 Å². The zero-order chi connectivity index (χ0) is 21.3. The standard InChI is InChI=1S/C28H36N2/c1-6-27(26-14-10-12-22-11-8-9-13-25(22)26)29(5)28(7-2)30-16-15-23-17-20(3)21(4)18-24(23)19-30/h8-14,17-18,27-28H,6-7,15-16,19H2,1-5H3. The summed E-state index contributed by atoms with van der Waals surface area (Å²) in [4.78, 5) is 5.33. The Hall–Kier alpha value is -2.16. The Morgan fingerprint density at radius 1 is 0.900 bits per heavy atom. The van der Waals surface area contributed by atoms with Gasteiger partial charge in [-0.25, -0.2) is 0 Å². The molecule has 2 atom stereocenters. The van der Waals surface area contributed by atoms with Crippen molar-refractivity contribution < 1.29 is 0 Å². The quantitative estimate of drug-likeness (QED) is 0.458. The summed E-state index contributed by atoms with van der Waals surface area (Å²) < 4.78 is 0. The van der Waals surface area contributed by atoms with E-state index >= 15 is 0 Å². The van der Waals surface area contributed by atoms with E-state index in [-0.39, 0.29) is 0 Å². The molecule has 2 nitrogen and oxygen atoms in total. The molecule has 0 radical (unpaired) electrons. The van der Waals surface area contributed by atoms with Crippen LogP contribution in [0.2, 0.25) is 0 Å². The van der Waals surface area contributed by atoms with Gasteiger partial charge in [-0.05, 0) is 78.7 Å². The van der Waals surface area contributed by atoms with E-state index in [0.29, 0.717) is 12.2 Å². The fraction of sp³-hybridized carbons (Fsp3) is 0.429. The first-order valence-electron chi connectivity index (χ1n) is 11.6. The van der Waals surface area contributed by atoms with Gasteiger partial charge in [0.1, 0.15) is 0 Å². The highest BCUT2D eigenvalue weighted by Crippen LogP contribution is 2.34. The monoisotopic (exact) mass is 400 g/mol. The Kier molecular flexibility index (Phi) is 6.26. The molecule has 0 saturated heterocycles. The third-order valence-electron chi connectivity index (χ3n) is 7.18. The van der Waals surface area contributed by atoms with Gasteiger partial charge in [-0.2, -0.15) is 0 Å². The van der Waals surface area contributed by atoms with Gasteiger partial charge in [0.15, 0.2) is 0 Å². The summed E-state index contributed by atoms with van der Waals surface area (Å²) in [5, 5.41) is 2.73. The van der Waals surface area contributed by atoms with Crippen molar-refractivity contribution in [2.75, 3.05) is 13.6 Å². The molecule has 3 aromatic rings. The van der Waals surface area contributed by atoms with E-state index in [1.54, 1.807) is 5.56 Å². The first-order valence-corrected chi connectivity index (χ1v) is 11.6. The van der Waals surface area contributed by atoms with E-state index in [1.807, 2.05) is 0 Å². The van der Waals surface area contributed by atoms with Crippen molar-refractivity contribution in [1.29, 1.82) is 0 Å². The first-order chi connectivity index (χ1) is 14.5. The van der Waals surface area contributed by atoms with Gasteiger partial charge in [-0.1, -0.05) is 68.4 Å². The van der Waals surface area contributed by atoms with Crippen molar-refractivity contribution >= 4 is 10.8 Å². The molecule has 158 valence electrons. The minimum Gasteiger partial charge on any atom is -0.284 e. The van der Waals surface area contributed by atoms with E-state index in [1.165, 1.54) is 33.0 Å². The maximum Gasteiger partial charge on any atom is 0.0625 e. The normalized spacial score (nSPS) is 16.6.